The van der Waals surface area contributed by atoms with Gasteiger partial charge in [-0.3, -0.25) is 0 Å². The predicted octanol–water partition coefficient (Wildman–Crippen LogP) is 2.97. The van der Waals surface area contributed by atoms with Gasteiger partial charge in [0.25, 0.3) is 0 Å². The first-order chi connectivity index (χ1) is 18.7. The first-order valence-corrected chi connectivity index (χ1v) is 14.0. The van der Waals surface area contributed by atoms with E-state index in [1.165, 1.54) is 0 Å². The monoisotopic (exact) mass is 572 g/mol. The van der Waals surface area contributed by atoms with E-state index in [0.29, 0.717) is 17.7 Å². The summed E-state index contributed by atoms with van der Waals surface area (Å²) in [5.74, 6) is -7.01. The minimum atomic E-state index is -2.76. The molecule has 0 radical (unpaired) electrons. The molecule has 0 bridgehead atoms. The molecule has 3 N–H and O–H groups in total. The van der Waals surface area contributed by atoms with Crippen LogP contribution in [0.15, 0.2) is 29.2 Å². The molecule has 1 rings (SSSR count). The number of hydrogen-bond donors (Lipinski definition) is 3. The summed E-state index contributed by atoms with van der Waals surface area (Å²) in [6, 6.07) is 6.46. The number of ether oxygens (including phenoxy) is 4. The number of carbonyl (C=O) groups excluding carboxylic acids is 4. The Kier molecular flexibility index (Phi) is 16.4. The lowest BCUT2D eigenvalue weighted by Crippen LogP contribution is -2.53. The zero-order chi connectivity index (χ0) is 29.3. The predicted molar refractivity (Wildman–Crippen MR) is 141 cm³/mol. The van der Waals surface area contributed by atoms with Crippen molar-refractivity contribution < 1.29 is 53.4 Å². The first-order valence-electron chi connectivity index (χ1n) is 13.1. The van der Waals surface area contributed by atoms with Crippen LogP contribution in [0.5, 0.6) is 0 Å². The number of thioether (sulfide) groups is 1. The Hall–Kier alpha value is -2.67. The van der Waals surface area contributed by atoms with E-state index < -0.39 is 54.9 Å². The van der Waals surface area contributed by atoms with Crippen LogP contribution >= 0.6 is 11.8 Å². The maximum absolute atomic E-state index is 13.1. The van der Waals surface area contributed by atoms with Crippen LogP contribution < -0.4 is 0 Å². The molecule has 0 fully saturated rings. The van der Waals surface area contributed by atoms with Crippen molar-refractivity contribution >= 4 is 35.6 Å². The van der Waals surface area contributed by atoms with Gasteiger partial charge in [-0.2, -0.15) is 0 Å². The Morgan fingerprint density at radius 1 is 0.821 bits per heavy atom. The summed E-state index contributed by atoms with van der Waals surface area (Å²) in [7, 11) is 0. The highest BCUT2D eigenvalue weighted by Gasteiger charge is 2.52. The lowest BCUT2D eigenvalue weighted by Gasteiger charge is -2.36. The quantitative estimate of drug-likeness (QED) is 0.126. The van der Waals surface area contributed by atoms with Gasteiger partial charge in [0.15, 0.2) is 0 Å². The third kappa shape index (κ3) is 11.5. The molecule has 0 amide bonds. The van der Waals surface area contributed by atoms with Gasteiger partial charge in [-0.15, -0.1) is 11.8 Å². The van der Waals surface area contributed by atoms with E-state index in [1.54, 1.807) is 24.3 Å². The van der Waals surface area contributed by atoms with Crippen molar-refractivity contribution in [1.82, 2.24) is 0 Å². The fourth-order valence-electron chi connectivity index (χ4n) is 3.59. The van der Waals surface area contributed by atoms with Gasteiger partial charge >= 0.3 is 29.9 Å². The number of aliphatic hydroxyl groups is 3. The van der Waals surface area contributed by atoms with Crippen LogP contribution in [0.3, 0.4) is 0 Å². The van der Waals surface area contributed by atoms with Crippen LogP contribution in [0.4, 0.5) is 0 Å². The summed E-state index contributed by atoms with van der Waals surface area (Å²) >= 11 is 0.924. The van der Waals surface area contributed by atoms with E-state index in [9.17, 15) is 34.5 Å². The molecule has 1 aromatic carbocycles. The Morgan fingerprint density at radius 2 is 1.33 bits per heavy atom. The molecule has 2 unspecified atom stereocenters. The third-order valence-corrected chi connectivity index (χ3v) is 7.16. The lowest BCUT2D eigenvalue weighted by atomic mass is 10.0. The summed E-state index contributed by atoms with van der Waals surface area (Å²) in [5.41, 5.74) is 0.193. The van der Waals surface area contributed by atoms with E-state index in [-0.39, 0.29) is 24.5 Å². The van der Waals surface area contributed by atoms with Crippen molar-refractivity contribution in [2.45, 2.75) is 81.8 Å². The molecule has 0 saturated carbocycles. The number of unbranched alkanes of at least 4 members (excludes halogenated alkanes) is 2. The number of aliphatic hydroxyl groups excluding tert-OH is 3. The highest BCUT2D eigenvalue weighted by atomic mass is 32.2. The average molecular weight is 573 g/mol. The lowest BCUT2D eigenvalue weighted by molar-refractivity contribution is -0.331. The Balaban J connectivity index is 3.45. The summed E-state index contributed by atoms with van der Waals surface area (Å²) in [6.45, 7) is 2.82. The smallest absolute Gasteiger partial charge is 0.436 e. The molecule has 0 aromatic heterocycles. The second-order valence-electron chi connectivity index (χ2n) is 8.76. The molecule has 0 saturated heterocycles. The first kappa shape index (κ1) is 34.4. The summed E-state index contributed by atoms with van der Waals surface area (Å²) < 4.78 is 21.1. The molecular weight excluding hydrogens is 532 g/mol. The molecule has 2 atom stereocenters. The SMILES string of the molecule is CCCCC(CC)COC(=O)c1ccccc1SC(CCCC)C(OC(=O)CO)(OC(=O)CO)OC(=O)CO. The second-order valence-corrected chi connectivity index (χ2v) is 10.0. The average Bonchev–Trinajstić information content (AvgIpc) is 2.94. The number of esters is 4. The highest BCUT2D eigenvalue weighted by molar-refractivity contribution is 8.00. The molecule has 39 heavy (non-hydrogen) atoms. The summed E-state index contributed by atoms with van der Waals surface area (Å²) in [4.78, 5) is 49.9. The van der Waals surface area contributed by atoms with Crippen molar-refractivity contribution in [3.63, 3.8) is 0 Å². The van der Waals surface area contributed by atoms with Crippen LogP contribution in [0.1, 0.15) is 76.1 Å². The molecule has 0 spiro atoms. The van der Waals surface area contributed by atoms with Gasteiger partial charge in [0.1, 0.15) is 25.1 Å². The van der Waals surface area contributed by atoms with Crippen molar-refractivity contribution in [2.75, 3.05) is 26.4 Å². The van der Waals surface area contributed by atoms with Crippen molar-refractivity contribution in [2.24, 2.45) is 5.92 Å². The van der Waals surface area contributed by atoms with Gasteiger partial charge in [0.05, 0.1) is 12.2 Å². The fourth-order valence-corrected chi connectivity index (χ4v) is 4.91. The van der Waals surface area contributed by atoms with Crippen LogP contribution in [-0.2, 0) is 33.3 Å². The van der Waals surface area contributed by atoms with E-state index in [2.05, 4.69) is 6.92 Å². The van der Waals surface area contributed by atoms with Gasteiger partial charge in [-0.1, -0.05) is 65.0 Å². The van der Waals surface area contributed by atoms with Crippen LogP contribution in [-0.4, -0.2) is 76.8 Å². The van der Waals surface area contributed by atoms with Crippen molar-refractivity contribution in [3.8, 4) is 0 Å². The van der Waals surface area contributed by atoms with Gasteiger partial charge in [0.2, 0.25) is 0 Å². The van der Waals surface area contributed by atoms with Crippen LogP contribution in [0.2, 0.25) is 0 Å². The van der Waals surface area contributed by atoms with E-state index >= 15 is 0 Å². The maximum Gasteiger partial charge on any atom is 0.436 e. The van der Waals surface area contributed by atoms with Gasteiger partial charge in [-0.25, -0.2) is 19.2 Å². The Morgan fingerprint density at radius 3 is 1.82 bits per heavy atom. The van der Waals surface area contributed by atoms with E-state index in [0.717, 1.165) is 37.4 Å². The normalized spacial score (nSPS) is 12.8. The summed E-state index contributed by atoms with van der Waals surface area (Å²) in [6.07, 6.45) is 5.10. The van der Waals surface area contributed by atoms with Crippen molar-refractivity contribution in [1.29, 1.82) is 0 Å². The minimum Gasteiger partial charge on any atom is -0.462 e. The summed E-state index contributed by atoms with van der Waals surface area (Å²) in [5, 5.41) is 26.7. The zero-order valence-electron chi connectivity index (χ0n) is 22.8. The number of rotatable bonds is 19. The maximum atomic E-state index is 13.1. The van der Waals surface area contributed by atoms with Gasteiger partial charge in [0, 0.05) is 4.90 Å². The number of hydrogen-bond acceptors (Lipinski definition) is 12. The van der Waals surface area contributed by atoms with E-state index in [4.69, 9.17) is 18.9 Å². The molecule has 0 aliphatic rings. The highest BCUT2D eigenvalue weighted by Crippen LogP contribution is 2.40. The topological polar surface area (TPSA) is 166 Å². The molecule has 0 aliphatic carbocycles. The second kappa shape index (κ2) is 18.6. The standard InChI is InChI=1S/C27H40O11S/c1-4-7-11-19(6-3)18-35-26(34)20-12-9-10-13-21(20)39-22(14-8-5-2)27(36-23(31)15-28,37-24(32)16-29)38-25(33)17-30/h9-10,12-13,19,22,28-30H,4-8,11,14-18H2,1-3H3. The number of carbonyl (C=O) groups is 4. The molecule has 0 heterocycles. The van der Waals surface area contributed by atoms with Gasteiger partial charge in [-0.05, 0) is 30.9 Å². The zero-order valence-corrected chi connectivity index (χ0v) is 23.6. The van der Waals surface area contributed by atoms with E-state index in [1.807, 2.05) is 13.8 Å². The van der Waals surface area contributed by atoms with Crippen molar-refractivity contribution in [3.05, 3.63) is 29.8 Å². The molecule has 0 aliphatic heterocycles. The van der Waals surface area contributed by atoms with Gasteiger partial charge < -0.3 is 34.3 Å². The number of benzene rings is 1. The molecule has 220 valence electrons. The molecular formula is C27H40O11S. The molecule has 12 heteroatoms. The Bertz CT molecular complexity index is 875. The minimum absolute atomic E-state index is 0.135. The molecule has 1 aromatic rings. The largest absolute Gasteiger partial charge is 0.462 e. The van der Waals surface area contributed by atoms with Crippen LogP contribution in [0.25, 0.3) is 0 Å². The van der Waals surface area contributed by atoms with Crippen LogP contribution in [0, 0.1) is 5.92 Å². The fraction of sp³-hybridized carbons (Fsp3) is 0.630. The third-order valence-electron chi connectivity index (χ3n) is 5.74. The molecule has 11 nitrogen and oxygen atoms in total. The Labute approximate surface area is 233 Å².